The molecular formula is C27H24N6O2. The molecule has 0 aliphatic rings. The fraction of sp³-hybridized carbons (Fsp3) is 0.111. The molecule has 0 bridgehead atoms. The molecule has 3 N–H and O–H groups in total. The van der Waals surface area contributed by atoms with E-state index in [4.69, 9.17) is 20.4 Å². The number of fused-ring (bicyclic) bond motifs is 2. The van der Waals surface area contributed by atoms with E-state index in [1.54, 1.807) is 13.3 Å². The number of aromatic nitrogens is 3. The second kappa shape index (κ2) is 8.90. The predicted octanol–water partition coefficient (Wildman–Crippen LogP) is 4.93. The van der Waals surface area contributed by atoms with Gasteiger partial charge in [0.1, 0.15) is 22.6 Å². The minimum absolute atomic E-state index is 0.150. The first-order chi connectivity index (χ1) is 16.9. The number of nitrogens with two attached hydrogens (primary N) is 1. The Labute approximate surface area is 202 Å². The summed E-state index contributed by atoms with van der Waals surface area (Å²) in [6.07, 6.45) is 1.64. The number of aryl methyl sites for hydroxylation is 2. The molecule has 0 saturated carbocycles. The van der Waals surface area contributed by atoms with Crippen LogP contribution < -0.4 is 15.8 Å². The van der Waals surface area contributed by atoms with Gasteiger partial charge in [0, 0.05) is 5.69 Å². The SMILES string of the molecule is COc1cccc(C=Nn2c(N)c(C(=O)Nc3cc(C)ccc3C)c3nc4ccccc4nc32)c1. The van der Waals surface area contributed by atoms with E-state index in [0.717, 1.165) is 16.7 Å². The number of carbonyl (C=O) groups is 1. The number of ether oxygens (including phenoxy) is 1. The van der Waals surface area contributed by atoms with Crippen molar-refractivity contribution in [3.05, 3.63) is 89.0 Å². The second-order valence-corrected chi connectivity index (χ2v) is 8.25. The molecule has 0 atom stereocenters. The Morgan fingerprint density at radius 3 is 2.57 bits per heavy atom. The highest BCUT2D eigenvalue weighted by atomic mass is 16.5. The van der Waals surface area contributed by atoms with Crippen molar-refractivity contribution in [1.29, 1.82) is 0 Å². The molecule has 1 amide bonds. The summed E-state index contributed by atoms with van der Waals surface area (Å²) < 4.78 is 6.74. The summed E-state index contributed by atoms with van der Waals surface area (Å²) in [5.41, 5.74) is 12.3. The fourth-order valence-corrected chi connectivity index (χ4v) is 3.89. The third-order valence-electron chi connectivity index (χ3n) is 5.76. The summed E-state index contributed by atoms with van der Waals surface area (Å²) in [4.78, 5) is 22.9. The van der Waals surface area contributed by atoms with Gasteiger partial charge in [-0.2, -0.15) is 9.78 Å². The number of benzene rings is 3. The number of carbonyl (C=O) groups excluding carboxylic acids is 1. The highest BCUT2D eigenvalue weighted by Gasteiger charge is 2.24. The number of hydrogen-bond donors (Lipinski definition) is 2. The van der Waals surface area contributed by atoms with E-state index >= 15 is 0 Å². The molecule has 35 heavy (non-hydrogen) atoms. The van der Waals surface area contributed by atoms with E-state index in [2.05, 4.69) is 10.4 Å². The quantitative estimate of drug-likeness (QED) is 0.359. The molecule has 3 aromatic carbocycles. The van der Waals surface area contributed by atoms with Crippen LogP contribution in [0.4, 0.5) is 11.5 Å². The van der Waals surface area contributed by atoms with Crippen LogP contribution >= 0.6 is 0 Å². The van der Waals surface area contributed by atoms with Crippen LogP contribution in [-0.4, -0.2) is 33.9 Å². The van der Waals surface area contributed by atoms with Crippen LogP contribution in [-0.2, 0) is 0 Å². The van der Waals surface area contributed by atoms with Crippen molar-refractivity contribution in [2.24, 2.45) is 5.10 Å². The van der Waals surface area contributed by atoms with Crippen LogP contribution in [0.3, 0.4) is 0 Å². The third kappa shape index (κ3) is 4.17. The zero-order valence-electron chi connectivity index (χ0n) is 19.6. The summed E-state index contributed by atoms with van der Waals surface area (Å²) >= 11 is 0. The van der Waals surface area contributed by atoms with Gasteiger partial charge in [0.15, 0.2) is 5.65 Å². The van der Waals surface area contributed by atoms with E-state index in [1.807, 2.05) is 80.6 Å². The molecule has 0 spiro atoms. The van der Waals surface area contributed by atoms with Gasteiger partial charge in [-0.1, -0.05) is 36.4 Å². The molecule has 174 valence electrons. The van der Waals surface area contributed by atoms with E-state index < -0.39 is 0 Å². The number of nitrogen functional groups attached to an aromatic ring is 1. The molecule has 2 aromatic heterocycles. The summed E-state index contributed by atoms with van der Waals surface area (Å²) in [6, 6.07) is 20.8. The molecule has 5 aromatic rings. The molecule has 8 nitrogen and oxygen atoms in total. The summed E-state index contributed by atoms with van der Waals surface area (Å²) in [7, 11) is 1.61. The Morgan fingerprint density at radius 1 is 1.03 bits per heavy atom. The topological polar surface area (TPSA) is 107 Å². The van der Waals surface area contributed by atoms with Crippen LogP contribution in [0.1, 0.15) is 27.0 Å². The molecule has 0 aliphatic carbocycles. The van der Waals surface area contributed by atoms with Gasteiger partial charge >= 0.3 is 0 Å². The molecular weight excluding hydrogens is 440 g/mol. The average molecular weight is 465 g/mol. The lowest BCUT2D eigenvalue weighted by Crippen LogP contribution is -2.15. The number of nitrogens with one attached hydrogen (secondary N) is 1. The first kappa shape index (κ1) is 22.1. The maximum absolute atomic E-state index is 13.5. The lowest BCUT2D eigenvalue weighted by molar-refractivity contribution is 0.102. The van der Waals surface area contributed by atoms with Crippen LogP contribution in [0.2, 0.25) is 0 Å². The zero-order chi connectivity index (χ0) is 24.5. The number of nitrogens with zero attached hydrogens (tertiary/aromatic N) is 4. The summed E-state index contributed by atoms with van der Waals surface area (Å²) in [5.74, 6) is 0.483. The van der Waals surface area contributed by atoms with Gasteiger partial charge in [0.05, 0.1) is 24.4 Å². The van der Waals surface area contributed by atoms with Gasteiger partial charge < -0.3 is 15.8 Å². The second-order valence-electron chi connectivity index (χ2n) is 8.25. The number of hydrogen-bond acceptors (Lipinski definition) is 6. The summed E-state index contributed by atoms with van der Waals surface area (Å²) in [5, 5.41) is 7.54. The number of methoxy groups -OCH3 is 1. The molecule has 0 saturated heterocycles. The summed E-state index contributed by atoms with van der Waals surface area (Å²) in [6.45, 7) is 3.91. The van der Waals surface area contributed by atoms with E-state index in [9.17, 15) is 4.79 Å². The highest BCUT2D eigenvalue weighted by Crippen LogP contribution is 2.29. The monoisotopic (exact) mass is 464 g/mol. The normalized spacial score (nSPS) is 11.4. The smallest absolute Gasteiger partial charge is 0.261 e. The van der Waals surface area contributed by atoms with Crippen molar-refractivity contribution in [3.8, 4) is 5.75 Å². The van der Waals surface area contributed by atoms with Gasteiger partial charge in [0.2, 0.25) is 0 Å². The van der Waals surface area contributed by atoms with Crippen LogP contribution in [0, 0.1) is 13.8 Å². The van der Waals surface area contributed by atoms with Gasteiger partial charge in [-0.25, -0.2) is 9.97 Å². The van der Waals surface area contributed by atoms with Crippen LogP contribution in [0.25, 0.3) is 22.2 Å². The fourth-order valence-electron chi connectivity index (χ4n) is 3.89. The predicted molar refractivity (Wildman–Crippen MR) is 139 cm³/mol. The average Bonchev–Trinajstić information content (AvgIpc) is 3.13. The minimum atomic E-state index is -0.374. The number of para-hydroxylation sites is 2. The van der Waals surface area contributed by atoms with Gasteiger partial charge in [-0.3, -0.25) is 4.79 Å². The Bertz CT molecular complexity index is 1620. The van der Waals surface area contributed by atoms with Gasteiger partial charge in [-0.05, 0) is 60.9 Å². The maximum Gasteiger partial charge on any atom is 0.261 e. The molecule has 0 unspecified atom stereocenters. The molecule has 0 aliphatic heterocycles. The van der Waals surface area contributed by atoms with Crippen molar-refractivity contribution in [2.75, 3.05) is 18.2 Å². The maximum atomic E-state index is 13.5. The zero-order valence-corrected chi connectivity index (χ0v) is 19.6. The third-order valence-corrected chi connectivity index (χ3v) is 5.76. The van der Waals surface area contributed by atoms with Gasteiger partial charge in [0.25, 0.3) is 5.91 Å². The lowest BCUT2D eigenvalue weighted by atomic mass is 10.1. The minimum Gasteiger partial charge on any atom is -0.497 e. The van der Waals surface area contributed by atoms with Crippen molar-refractivity contribution >= 4 is 45.8 Å². The van der Waals surface area contributed by atoms with Crippen molar-refractivity contribution in [2.45, 2.75) is 13.8 Å². The largest absolute Gasteiger partial charge is 0.497 e. The first-order valence-corrected chi connectivity index (χ1v) is 11.1. The van der Waals surface area contributed by atoms with Crippen LogP contribution in [0.15, 0.2) is 71.8 Å². The Morgan fingerprint density at radius 2 is 1.80 bits per heavy atom. The Balaban J connectivity index is 1.66. The molecule has 5 rings (SSSR count). The van der Waals surface area contributed by atoms with E-state index in [0.29, 0.717) is 33.6 Å². The lowest BCUT2D eigenvalue weighted by Gasteiger charge is -2.09. The number of rotatable bonds is 5. The first-order valence-electron chi connectivity index (χ1n) is 11.1. The highest BCUT2D eigenvalue weighted by molar-refractivity contribution is 6.16. The Kier molecular flexibility index (Phi) is 5.62. The number of amides is 1. The Hall–Kier alpha value is -4.72. The molecule has 0 fully saturated rings. The van der Waals surface area contributed by atoms with E-state index in [1.165, 1.54) is 4.68 Å². The van der Waals surface area contributed by atoms with E-state index in [-0.39, 0.29) is 17.3 Å². The standard InChI is InChI=1S/C27H24N6O2/c1-16-11-12-17(2)22(13-16)32-27(34)23-24-26(31-21-10-5-4-9-20(21)30-24)33(25(23)28)29-15-18-7-6-8-19(14-18)35-3/h4-15H,28H2,1-3H3,(H,32,34). The van der Waals surface area contributed by atoms with Crippen molar-refractivity contribution in [1.82, 2.24) is 14.6 Å². The van der Waals surface area contributed by atoms with Crippen molar-refractivity contribution in [3.63, 3.8) is 0 Å². The molecule has 8 heteroatoms. The molecule has 0 radical (unpaired) electrons. The van der Waals surface area contributed by atoms with Crippen LogP contribution in [0.5, 0.6) is 5.75 Å². The van der Waals surface area contributed by atoms with Crippen molar-refractivity contribution < 1.29 is 9.53 Å². The van der Waals surface area contributed by atoms with Gasteiger partial charge in [-0.15, -0.1) is 0 Å². The molecule has 2 heterocycles. The number of anilines is 2.